The fourth-order valence-corrected chi connectivity index (χ4v) is 4.51. The normalized spacial score (nSPS) is 13.4. The Morgan fingerprint density at radius 2 is 1.85 bits per heavy atom. The number of furan rings is 1. The van der Waals surface area contributed by atoms with Gasteiger partial charge in [-0.3, -0.25) is 0 Å². The molecule has 0 fully saturated rings. The molecule has 2 heterocycles. The van der Waals surface area contributed by atoms with Gasteiger partial charge in [0.15, 0.2) is 12.1 Å². The molecule has 0 radical (unpaired) electrons. The van der Waals surface area contributed by atoms with Crippen LogP contribution in [-0.2, 0) is 17.7 Å². The van der Waals surface area contributed by atoms with E-state index in [0.717, 1.165) is 54.0 Å². The van der Waals surface area contributed by atoms with E-state index in [9.17, 15) is 5.11 Å². The quantitative estimate of drug-likeness (QED) is 0.221. The summed E-state index contributed by atoms with van der Waals surface area (Å²) in [5.74, 6) is 1.62. The highest BCUT2D eigenvalue weighted by molar-refractivity contribution is 5.83. The van der Waals surface area contributed by atoms with Crippen LogP contribution in [0.3, 0.4) is 0 Å². The number of hydrogen-bond donors (Lipinski definition) is 1. The minimum absolute atomic E-state index is 0.522. The molecule has 1 atom stereocenters. The first-order valence-corrected chi connectivity index (χ1v) is 12.4. The lowest BCUT2D eigenvalue weighted by Crippen LogP contribution is -2.41. The predicted octanol–water partition coefficient (Wildman–Crippen LogP) is 7.50. The molecule has 0 saturated carbocycles. The van der Waals surface area contributed by atoms with Crippen molar-refractivity contribution in [1.29, 1.82) is 0 Å². The standard InChI is InChI=1S/C29H41NO4/c1-9-11-14-30-18-21(10-2)15-24(30)26-16-22-12-13-23(17-25(22)32-26)33-28(5,6)19-29(7,8)34-27(31)20(3)4/h12-13,15-18,27,31H,3,9-11,14,19H2,1-2,4-8H3. The minimum atomic E-state index is -0.992. The molecule has 3 rings (SSSR count). The molecule has 0 aliphatic rings. The number of unbranched alkanes of at least 4 members (excludes halogenated alkanes) is 1. The van der Waals surface area contributed by atoms with E-state index < -0.39 is 17.5 Å². The number of nitrogens with zero attached hydrogens (tertiary/aromatic N) is 1. The summed E-state index contributed by atoms with van der Waals surface area (Å²) in [7, 11) is 0. The molecule has 0 saturated heterocycles. The Morgan fingerprint density at radius 3 is 2.50 bits per heavy atom. The Morgan fingerprint density at radius 1 is 1.12 bits per heavy atom. The van der Waals surface area contributed by atoms with Crippen molar-refractivity contribution >= 4 is 11.0 Å². The average molecular weight is 468 g/mol. The Hall–Kier alpha value is -2.50. The van der Waals surface area contributed by atoms with E-state index in [-0.39, 0.29) is 0 Å². The molecule has 0 aliphatic heterocycles. The van der Waals surface area contributed by atoms with E-state index in [2.05, 4.69) is 43.3 Å². The molecule has 0 bridgehead atoms. The Bertz CT molecular complexity index is 1120. The minimum Gasteiger partial charge on any atom is -0.488 e. The molecule has 5 nitrogen and oxygen atoms in total. The summed E-state index contributed by atoms with van der Waals surface area (Å²) in [5.41, 5.74) is 2.71. The molecule has 1 unspecified atom stereocenters. The molecule has 3 aromatic rings. The van der Waals surface area contributed by atoms with Crippen LogP contribution in [0.25, 0.3) is 22.4 Å². The van der Waals surface area contributed by atoms with Gasteiger partial charge in [-0.15, -0.1) is 0 Å². The van der Waals surface area contributed by atoms with Crippen molar-refractivity contribution in [3.63, 3.8) is 0 Å². The van der Waals surface area contributed by atoms with Gasteiger partial charge in [-0.25, -0.2) is 0 Å². The highest BCUT2D eigenvalue weighted by Crippen LogP contribution is 2.34. The second kappa shape index (κ2) is 10.4. The first-order chi connectivity index (χ1) is 15.9. The van der Waals surface area contributed by atoms with Gasteiger partial charge in [0.05, 0.1) is 11.3 Å². The number of aromatic nitrogens is 1. The number of benzene rings is 1. The van der Waals surface area contributed by atoms with Crippen molar-refractivity contribution in [3.8, 4) is 17.2 Å². The average Bonchev–Trinajstić information content (AvgIpc) is 3.33. The van der Waals surface area contributed by atoms with Crippen LogP contribution in [0.1, 0.15) is 73.3 Å². The van der Waals surface area contributed by atoms with Gasteiger partial charge in [0.1, 0.15) is 16.9 Å². The molecule has 186 valence electrons. The van der Waals surface area contributed by atoms with E-state index in [0.29, 0.717) is 12.0 Å². The third-order valence-electron chi connectivity index (χ3n) is 5.96. The SMILES string of the molecule is C=C(C)C(O)OC(C)(C)CC(C)(C)Oc1ccc2cc(-c3cc(CC)cn3CCCC)oc2c1. The van der Waals surface area contributed by atoms with Crippen molar-refractivity contribution in [2.24, 2.45) is 0 Å². The molecule has 34 heavy (non-hydrogen) atoms. The van der Waals surface area contributed by atoms with Crippen molar-refractivity contribution in [3.05, 3.63) is 54.2 Å². The van der Waals surface area contributed by atoms with E-state index in [1.54, 1.807) is 6.92 Å². The van der Waals surface area contributed by atoms with Gasteiger partial charge in [0.2, 0.25) is 0 Å². The Kier molecular flexibility index (Phi) is 7.99. The largest absolute Gasteiger partial charge is 0.488 e. The van der Waals surface area contributed by atoms with Crippen LogP contribution in [0, 0.1) is 0 Å². The summed E-state index contributed by atoms with van der Waals surface area (Å²) >= 11 is 0. The second-order valence-electron chi connectivity index (χ2n) is 10.6. The van der Waals surface area contributed by atoms with E-state index in [1.165, 1.54) is 5.56 Å². The predicted molar refractivity (Wildman–Crippen MR) is 139 cm³/mol. The van der Waals surface area contributed by atoms with Crippen LogP contribution in [0.2, 0.25) is 0 Å². The lowest BCUT2D eigenvalue weighted by Gasteiger charge is -2.36. The van der Waals surface area contributed by atoms with Gasteiger partial charge in [-0.05, 0) is 82.9 Å². The summed E-state index contributed by atoms with van der Waals surface area (Å²) in [5, 5.41) is 11.1. The maximum atomic E-state index is 10.1. The van der Waals surface area contributed by atoms with Crippen LogP contribution >= 0.6 is 0 Å². The number of hydrogen-bond acceptors (Lipinski definition) is 4. The van der Waals surface area contributed by atoms with Gasteiger partial charge in [-0.1, -0.05) is 26.8 Å². The van der Waals surface area contributed by atoms with Gasteiger partial charge in [0.25, 0.3) is 0 Å². The van der Waals surface area contributed by atoms with Crippen LogP contribution in [-0.4, -0.2) is 27.2 Å². The zero-order valence-electron chi connectivity index (χ0n) is 21.9. The Balaban J connectivity index is 1.80. The third kappa shape index (κ3) is 6.55. The first-order valence-electron chi connectivity index (χ1n) is 12.4. The maximum Gasteiger partial charge on any atom is 0.177 e. The van der Waals surface area contributed by atoms with Crippen molar-refractivity contribution in [1.82, 2.24) is 4.57 Å². The lowest BCUT2D eigenvalue weighted by molar-refractivity contribution is -0.167. The van der Waals surface area contributed by atoms with E-state index in [4.69, 9.17) is 13.9 Å². The molecule has 5 heteroatoms. The van der Waals surface area contributed by atoms with Crippen LogP contribution in [0.4, 0.5) is 0 Å². The topological polar surface area (TPSA) is 56.8 Å². The number of rotatable bonds is 12. The number of aryl methyl sites for hydroxylation is 2. The molecule has 1 aromatic carbocycles. The maximum absolute atomic E-state index is 10.1. The molecule has 2 aromatic heterocycles. The number of aliphatic hydroxyl groups is 1. The molecular formula is C29H41NO4. The molecule has 0 aliphatic carbocycles. The summed E-state index contributed by atoms with van der Waals surface area (Å²) in [6.07, 6.45) is 5.13. The van der Waals surface area contributed by atoms with Crippen molar-refractivity contribution in [2.45, 2.75) is 98.2 Å². The highest BCUT2D eigenvalue weighted by Gasteiger charge is 2.33. The molecule has 0 spiro atoms. The lowest BCUT2D eigenvalue weighted by atomic mass is 9.92. The fraction of sp³-hybridized carbons (Fsp3) is 0.517. The smallest absolute Gasteiger partial charge is 0.177 e. The van der Waals surface area contributed by atoms with Gasteiger partial charge in [0, 0.05) is 30.6 Å². The van der Waals surface area contributed by atoms with Gasteiger partial charge in [-0.2, -0.15) is 0 Å². The second-order valence-corrected chi connectivity index (χ2v) is 10.6. The van der Waals surface area contributed by atoms with Crippen LogP contribution < -0.4 is 4.74 Å². The van der Waals surface area contributed by atoms with Gasteiger partial charge >= 0.3 is 0 Å². The molecule has 0 amide bonds. The fourth-order valence-electron chi connectivity index (χ4n) is 4.51. The van der Waals surface area contributed by atoms with Gasteiger partial charge < -0.3 is 23.6 Å². The number of ether oxygens (including phenoxy) is 2. The summed E-state index contributed by atoms with van der Waals surface area (Å²) < 4.78 is 20.8. The zero-order chi connectivity index (χ0) is 25.1. The van der Waals surface area contributed by atoms with E-state index in [1.807, 2.05) is 45.9 Å². The van der Waals surface area contributed by atoms with Crippen molar-refractivity contribution in [2.75, 3.05) is 0 Å². The zero-order valence-corrected chi connectivity index (χ0v) is 21.9. The van der Waals surface area contributed by atoms with Crippen LogP contribution in [0.15, 0.2) is 53.1 Å². The summed E-state index contributed by atoms with van der Waals surface area (Å²) in [4.78, 5) is 0. The number of aliphatic hydroxyl groups excluding tert-OH is 1. The van der Waals surface area contributed by atoms with Crippen LogP contribution in [0.5, 0.6) is 5.75 Å². The Labute approximate surface area is 204 Å². The summed E-state index contributed by atoms with van der Waals surface area (Å²) in [6, 6.07) is 10.3. The highest BCUT2D eigenvalue weighted by atomic mass is 16.6. The monoisotopic (exact) mass is 467 g/mol. The third-order valence-corrected chi connectivity index (χ3v) is 5.96. The number of fused-ring (bicyclic) bond motifs is 1. The molecule has 1 N–H and O–H groups in total. The molecular weight excluding hydrogens is 426 g/mol. The first kappa shape index (κ1) is 26.1. The summed E-state index contributed by atoms with van der Waals surface area (Å²) in [6.45, 7) is 18.8. The van der Waals surface area contributed by atoms with E-state index >= 15 is 0 Å². The van der Waals surface area contributed by atoms with Crippen molar-refractivity contribution < 1.29 is 19.0 Å².